The number of aryl methyl sites for hydroxylation is 2. The molecule has 0 aliphatic heterocycles. The zero-order valence-electron chi connectivity index (χ0n) is 11.8. The third kappa shape index (κ3) is 2.09. The zero-order chi connectivity index (χ0) is 14.1. The number of Topliss-reactive ketones (excluding diaryl/α,β-unsaturated/α-hetero) is 1. The van der Waals surface area contributed by atoms with Gasteiger partial charge >= 0.3 is 5.69 Å². The van der Waals surface area contributed by atoms with E-state index in [0.717, 1.165) is 36.7 Å². The molecule has 0 amide bonds. The Bertz CT molecular complexity index is 696. The topological polar surface area (TPSA) is 44.0 Å². The molecule has 1 aliphatic carbocycles. The Morgan fingerprint density at radius 2 is 1.85 bits per heavy atom. The molecular formula is C16H20N2O2. The van der Waals surface area contributed by atoms with Crippen molar-refractivity contribution < 1.29 is 4.79 Å². The molecule has 1 aromatic heterocycles. The summed E-state index contributed by atoms with van der Waals surface area (Å²) in [7, 11) is 0. The standard InChI is InChI=1S/C16H20N2O2/c1-2-17-13-7-3-4-8-14(13)18(16(17)20)11-10-12-6-5-9-15(12)19/h3-4,7-8,12H,2,5-6,9-11H2,1H3. The van der Waals surface area contributed by atoms with Crippen LogP contribution in [0.5, 0.6) is 0 Å². The predicted octanol–water partition coefficient (Wildman–Crippen LogP) is 2.58. The maximum absolute atomic E-state index is 12.4. The number of aromatic nitrogens is 2. The van der Waals surface area contributed by atoms with Gasteiger partial charge in [0.25, 0.3) is 0 Å². The second-order valence-corrected chi connectivity index (χ2v) is 5.51. The number of carbonyl (C=O) groups excluding carboxylic acids is 1. The summed E-state index contributed by atoms with van der Waals surface area (Å²) in [5, 5.41) is 0. The molecule has 0 radical (unpaired) electrons. The quantitative estimate of drug-likeness (QED) is 0.858. The summed E-state index contributed by atoms with van der Waals surface area (Å²) in [6, 6.07) is 7.88. The van der Waals surface area contributed by atoms with E-state index in [2.05, 4.69) is 0 Å². The van der Waals surface area contributed by atoms with Crippen LogP contribution >= 0.6 is 0 Å². The Morgan fingerprint density at radius 3 is 2.45 bits per heavy atom. The van der Waals surface area contributed by atoms with Crippen molar-refractivity contribution >= 4 is 16.8 Å². The molecule has 1 fully saturated rings. The van der Waals surface area contributed by atoms with E-state index in [1.54, 1.807) is 4.57 Å². The van der Waals surface area contributed by atoms with Gasteiger partial charge in [-0.25, -0.2) is 4.79 Å². The molecule has 1 unspecified atom stereocenters. The van der Waals surface area contributed by atoms with Gasteiger partial charge in [0.1, 0.15) is 5.78 Å². The van der Waals surface area contributed by atoms with Crippen molar-refractivity contribution in [2.24, 2.45) is 5.92 Å². The zero-order valence-corrected chi connectivity index (χ0v) is 11.8. The summed E-state index contributed by atoms with van der Waals surface area (Å²) < 4.78 is 3.62. The number of fused-ring (bicyclic) bond motifs is 1. The van der Waals surface area contributed by atoms with Crippen LogP contribution in [0.4, 0.5) is 0 Å². The highest BCUT2D eigenvalue weighted by atomic mass is 16.1. The molecule has 3 rings (SSSR count). The fourth-order valence-corrected chi connectivity index (χ4v) is 3.27. The predicted molar refractivity (Wildman–Crippen MR) is 78.8 cm³/mol. The summed E-state index contributed by atoms with van der Waals surface area (Å²) in [4.78, 5) is 24.2. The molecular weight excluding hydrogens is 252 g/mol. The van der Waals surface area contributed by atoms with Crippen molar-refractivity contribution in [2.75, 3.05) is 0 Å². The molecule has 0 N–H and O–H groups in total. The van der Waals surface area contributed by atoms with Crippen LogP contribution in [0.15, 0.2) is 29.1 Å². The number of nitrogens with zero attached hydrogens (tertiary/aromatic N) is 2. The first-order valence-electron chi connectivity index (χ1n) is 7.43. The van der Waals surface area contributed by atoms with Crippen LogP contribution in [0, 0.1) is 5.92 Å². The Kier molecular flexibility index (Phi) is 3.47. The Balaban J connectivity index is 1.93. The highest BCUT2D eigenvalue weighted by Gasteiger charge is 2.24. The third-order valence-electron chi connectivity index (χ3n) is 4.37. The average molecular weight is 272 g/mol. The van der Waals surface area contributed by atoms with Gasteiger partial charge in [0.15, 0.2) is 0 Å². The minimum atomic E-state index is 0.0409. The second-order valence-electron chi connectivity index (χ2n) is 5.51. The van der Waals surface area contributed by atoms with E-state index >= 15 is 0 Å². The van der Waals surface area contributed by atoms with Crippen LogP contribution in [-0.2, 0) is 17.9 Å². The van der Waals surface area contributed by atoms with Gasteiger partial charge in [0.2, 0.25) is 0 Å². The van der Waals surface area contributed by atoms with Crippen molar-refractivity contribution in [1.82, 2.24) is 9.13 Å². The van der Waals surface area contributed by atoms with Gasteiger partial charge in [-0.3, -0.25) is 13.9 Å². The molecule has 4 heteroatoms. The maximum atomic E-state index is 12.4. The van der Waals surface area contributed by atoms with Crippen LogP contribution in [-0.4, -0.2) is 14.9 Å². The normalized spacial score (nSPS) is 19.1. The minimum absolute atomic E-state index is 0.0409. The fourth-order valence-electron chi connectivity index (χ4n) is 3.27. The second kappa shape index (κ2) is 5.27. The summed E-state index contributed by atoms with van der Waals surface area (Å²) >= 11 is 0. The van der Waals surface area contributed by atoms with E-state index in [1.165, 1.54) is 0 Å². The lowest BCUT2D eigenvalue weighted by atomic mass is 10.0. The lowest BCUT2D eigenvalue weighted by Crippen LogP contribution is -2.25. The van der Waals surface area contributed by atoms with Crippen LogP contribution in [0.1, 0.15) is 32.6 Å². The van der Waals surface area contributed by atoms with Crippen molar-refractivity contribution in [3.63, 3.8) is 0 Å². The molecule has 1 aliphatic rings. The van der Waals surface area contributed by atoms with E-state index in [-0.39, 0.29) is 11.6 Å². The molecule has 2 aromatic rings. The number of hydrogen-bond donors (Lipinski definition) is 0. The van der Waals surface area contributed by atoms with Gasteiger partial charge in [0.05, 0.1) is 11.0 Å². The monoisotopic (exact) mass is 272 g/mol. The number of carbonyl (C=O) groups is 1. The maximum Gasteiger partial charge on any atom is 0.329 e. The molecule has 1 saturated carbocycles. The van der Waals surface area contributed by atoms with Crippen molar-refractivity contribution in [1.29, 1.82) is 0 Å². The van der Waals surface area contributed by atoms with E-state index in [0.29, 0.717) is 18.9 Å². The molecule has 20 heavy (non-hydrogen) atoms. The number of hydrogen-bond acceptors (Lipinski definition) is 2. The fraction of sp³-hybridized carbons (Fsp3) is 0.500. The Labute approximate surface area is 118 Å². The van der Waals surface area contributed by atoms with Gasteiger partial charge in [-0.1, -0.05) is 12.1 Å². The van der Waals surface area contributed by atoms with Crippen molar-refractivity contribution in [3.8, 4) is 0 Å². The van der Waals surface area contributed by atoms with E-state index in [9.17, 15) is 9.59 Å². The molecule has 106 valence electrons. The van der Waals surface area contributed by atoms with Gasteiger partial charge in [0, 0.05) is 25.4 Å². The third-order valence-corrected chi connectivity index (χ3v) is 4.37. The van der Waals surface area contributed by atoms with E-state index in [4.69, 9.17) is 0 Å². The smallest absolute Gasteiger partial charge is 0.299 e. The van der Waals surface area contributed by atoms with E-state index in [1.807, 2.05) is 35.8 Å². The van der Waals surface area contributed by atoms with Gasteiger partial charge in [-0.15, -0.1) is 0 Å². The van der Waals surface area contributed by atoms with Gasteiger partial charge in [-0.2, -0.15) is 0 Å². The first-order chi connectivity index (χ1) is 9.72. The lowest BCUT2D eigenvalue weighted by molar-refractivity contribution is -0.120. The van der Waals surface area contributed by atoms with E-state index < -0.39 is 0 Å². The number of imidazole rings is 1. The molecule has 0 saturated heterocycles. The average Bonchev–Trinajstić information content (AvgIpc) is 2.98. The molecule has 1 aromatic carbocycles. The Hall–Kier alpha value is -1.84. The van der Waals surface area contributed by atoms with Gasteiger partial charge < -0.3 is 0 Å². The summed E-state index contributed by atoms with van der Waals surface area (Å²) in [6.45, 7) is 3.30. The molecule has 4 nitrogen and oxygen atoms in total. The largest absolute Gasteiger partial charge is 0.329 e. The number of ketones is 1. The SMILES string of the molecule is CCn1c(=O)n(CCC2CCCC2=O)c2ccccc21. The first-order valence-corrected chi connectivity index (χ1v) is 7.43. The number of benzene rings is 1. The lowest BCUT2D eigenvalue weighted by Gasteiger charge is -2.08. The first kappa shape index (κ1) is 13.2. The molecule has 0 spiro atoms. The molecule has 1 heterocycles. The van der Waals surface area contributed by atoms with Crippen LogP contribution in [0.25, 0.3) is 11.0 Å². The number of para-hydroxylation sites is 2. The highest BCUT2D eigenvalue weighted by molar-refractivity contribution is 5.82. The molecule has 1 atom stereocenters. The van der Waals surface area contributed by atoms with Gasteiger partial charge in [-0.05, 0) is 38.3 Å². The number of rotatable bonds is 4. The summed E-state index contributed by atoms with van der Waals surface area (Å²) in [5.41, 5.74) is 2.00. The van der Waals surface area contributed by atoms with Crippen molar-refractivity contribution in [2.45, 2.75) is 45.7 Å². The molecule has 0 bridgehead atoms. The minimum Gasteiger partial charge on any atom is -0.299 e. The van der Waals surface area contributed by atoms with Crippen molar-refractivity contribution in [3.05, 3.63) is 34.7 Å². The van der Waals surface area contributed by atoms with Crippen LogP contribution in [0.2, 0.25) is 0 Å². The van der Waals surface area contributed by atoms with Crippen LogP contribution in [0.3, 0.4) is 0 Å². The Morgan fingerprint density at radius 1 is 1.15 bits per heavy atom. The summed E-state index contributed by atoms with van der Waals surface area (Å²) in [6.07, 6.45) is 3.50. The highest BCUT2D eigenvalue weighted by Crippen LogP contribution is 2.25. The van der Waals surface area contributed by atoms with Crippen LogP contribution < -0.4 is 5.69 Å². The summed E-state index contributed by atoms with van der Waals surface area (Å²) in [5.74, 6) is 0.530.